The standard InChI is InChI=1S/C20H22BrClN2O4/c1-3-26-18-10-15(9-17(21)20(18)28-13-19(25)27-4-2)12-24-23-11-14-5-7-16(22)8-6-14/h5-10,12,23H,3-4,11,13H2,1-2H3/b24-12-. The second kappa shape index (κ2) is 11.6. The summed E-state index contributed by atoms with van der Waals surface area (Å²) in [5.41, 5.74) is 4.86. The molecule has 0 radical (unpaired) electrons. The molecular weight excluding hydrogens is 448 g/mol. The molecule has 0 aromatic heterocycles. The molecule has 0 atom stereocenters. The summed E-state index contributed by atoms with van der Waals surface area (Å²) in [5.74, 6) is 0.524. The van der Waals surface area contributed by atoms with E-state index in [2.05, 4.69) is 26.5 Å². The van der Waals surface area contributed by atoms with Gasteiger partial charge in [0.2, 0.25) is 0 Å². The van der Waals surface area contributed by atoms with Crippen LogP contribution in [-0.2, 0) is 16.1 Å². The van der Waals surface area contributed by atoms with Gasteiger partial charge in [-0.15, -0.1) is 0 Å². The van der Waals surface area contributed by atoms with Crippen molar-refractivity contribution in [3.63, 3.8) is 0 Å². The van der Waals surface area contributed by atoms with Gasteiger partial charge < -0.3 is 19.6 Å². The van der Waals surface area contributed by atoms with Crippen molar-refractivity contribution >= 4 is 39.7 Å². The molecule has 1 N–H and O–H groups in total. The van der Waals surface area contributed by atoms with Gasteiger partial charge in [-0.05, 0) is 65.2 Å². The molecule has 2 rings (SSSR count). The van der Waals surface area contributed by atoms with Crippen molar-refractivity contribution in [2.45, 2.75) is 20.4 Å². The molecule has 0 saturated heterocycles. The number of benzene rings is 2. The molecule has 0 aliphatic rings. The van der Waals surface area contributed by atoms with E-state index in [1.807, 2.05) is 37.3 Å². The fourth-order valence-electron chi connectivity index (χ4n) is 2.26. The van der Waals surface area contributed by atoms with Crippen LogP contribution < -0.4 is 14.9 Å². The van der Waals surface area contributed by atoms with Gasteiger partial charge >= 0.3 is 5.97 Å². The molecule has 150 valence electrons. The van der Waals surface area contributed by atoms with E-state index in [4.69, 9.17) is 25.8 Å². The van der Waals surface area contributed by atoms with Crippen LogP contribution in [0, 0.1) is 0 Å². The van der Waals surface area contributed by atoms with Crippen molar-refractivity contribution in [3.8, 4) is 11.5 Å². The third kappa shape index (κ3) is 7.05. The summed E-state index contributed by atoms with van der Waals surface area (Å²) in [6, 6.07) is 11.2. The second-order valence-electron chi connectivity index (χ2n) is 5.58. The fourth-order valence-corrected chi connectivity index (χ4v) is 2.96. The van der Waals surface area contributed by atoms with E-state index < -0.39 is 5.97 Å². The lowest BCUT2D eigenvalue weighted by Crippen LogP contribution is -2.15. The van der Waals surface area contributed by atoms with Crippen molar-refractivity contribution in [3.05, 3.63) is 57.0 Å². The number of nitrogens with one attached hydrogen (secondary N) is 1. The van der Waals surface area contributed by atoms with Crippen molar-refractivity contribution in [2.24, 2.45) is 5.10 Å². The van der Waals surface area contributed by atoms with Crippen LogP contribution in [0.5, 0.6) is 11.5 Å². The van der Waals surface area contributed by atoms with Crippen LogP contribution in [0.15, 0.2) is 46.0 Å². The van der Waals surface area contributed by atoms with Gasteiger partial charge in [-0.3, -0.25) is 0 Å². The van der Waals surface area contributed by atoms with E-state index in [-0.39, 0.29) is 6.61 Å². The van der Waals surface area contributed by atoms with Crippen molar-refractivity contribution in [1.29, 1.82) is 0 Å². The van der Waals surface area contributed by atoms with Gasteiger partial charge in [-0.25, -0.2) is 4.79 Å². The monoisotopic (exact) mass is 468 g/mol. The normalized spacial score (nSPS) is 10.7. The molecule has 0 fully saturated rings. The zero-order valence-electron chi connectivity index (χ0n) is 15.7. The van der Waals surface area contributed by atoms with Gasteiger partial charge in [0.05, 0.1) is 30.4 Å². The number of ether oxygens (including phenoxy) is 3. The highest BCUT2D eigenvalue weighted by Gasteiger charge is 2.14. The van der Waals surface area contributed by atoms with Crippen LogP contribution in [0.4, 0.5) is 0 Å². The fraction of sp³-hybridized carbons (Fsp3) is 0.300. The molecule has 0 unspecified atom stereocenters. The highest BCUT2D eigenvalue weighted by atomic mass is 79.9. The summed E-state index contributed by atoms with van der Waals surface area (Å²) >= 11 is 9.33. The molecule has 6 nitrogen and oxygen atoms in total. The SMILES string of the molecule is CCOC(=O)COc1c(Br)cc(/C=N\NCc2ccc(Cl)cc2)cc1OCC. The zero-order chi connectivity index (χ0) is 20.4. The number of halogens is 2. The molecule has 0 aliphatic heterocycles. The minimum atomic E-state index is -0.436. The quantitative estimate of drug-likeness (QED) is 0.314. The Morgan fingerprint density at radius 2 is 1.93 bits per heavy atom. The number of carbonyl (C=O) groups excluding carboxylic acids is 1. The number of hydrogen-bond donors (Lipinski definition) is 1. The first kappa shape index (κ1) is 22.0. The van der Waals surface area contributed by atoms with Gasteiger partial charge in [0.25, 0.3) is 0 Å². The first-order valence-electron chi connectivity index (χ1n) is 8.78. The van der Waals surface area contributed by atoms with E-state index in [1.165, 1.54) is 0 Å². The van der Waals surface area contributed by atoms with Crippen LogP contribution in [0.3, 0.4) is 0 Å². The first-order chi connectivity index (χ1) is 13.5. The predicted octanol–water partition coefficient (Wildman–Crippen LogP) is 4.57. The van der Waals surface area contributed by atoms with E-state index in [9.17, 15) is 4.79 Å². The molecule has 0 aliphatic carbocycles. The molecule has 0 spiro atoms. The first-order valence-corrected chi connectivity index (χ1v) is 9.95. The average molecular weight is 470 g/mol. The molecule has 2 aromatic rings. The van der Waals surface area contributed by atoms with Crippen LogP contribution in [-0.4, -0.2) is 32.0 Å². The maximum Gasteiger partial charge on any atom is 0.344 e. The third-order valence-corrected chi connectivity index (χ3v) is 4.31. The van der Waals surface area contributed by atoms with Crippen LogP contribution >= 0.6 is 27.5 Å². The van der Waals surface area contributed by atoms with Gasteiger partial charge in [0, 0.05) is 5.02 Å². The lowest BCUT2D eigenvalue weighted by molar-refractivity contribution is -0.145. The van der Waals surface area contributed by atoms with E-state index >= 15 is 0 Å². The van der Waals surface area contributed by atoms with Gasteiger partial charge in [0.15, 0.2) is 18.1 Å². The summed E-state index contributed by atoms with van der Waals surface area (Å²) in [6.07, 6.45) is 1.68. The lowest BCUT2D eigenvalue weighted by Gasteiger charge is -2.14. The Balaban J connectivity index is 2.03. The maximum absolute atomic E-state index is 11.5. The number of hydrogen-bond acceptors (Lipinski definition) is 6. The Morgan fingerprint density at radius 3 is 2.61 bits per heavy atom. The van der Waals surface area contributed by atoms with Crippen molar-refractivity contribution in [2.75, 3.05) is 19.8 Å². The Bertz CT molecular complexity index is 813. The van der Waals surface area contributed by atoms with Crippen molar-refractivity contribution < 1.29 is 19.0 Å². The van der Waals surface area contributed by atoms with E-state index in [1.54, 1.807) is 19.2 Å². The highest BCUT2D eigenvalue weighted by Crippen LogP contribution is 2.36. The lowest BCUT2D eigenvalue weighted by atomic mass is 10.2. The molecular formula is C20H22BrClN2O4. The summed E-state index contributed by atoms with van der Waals surface area (Å²) in [5, 5.41) is 4.93. The largest absolute Gasteiger partial charge is 0.490 e. The Labute approximate surface area is 177 Å². The maximum atomic E-state index is 11.5. The molecule has 8 heteroatoms. The number of carbonyl (C=O) groups is 1. The summed E-state index contributed by atoms with van der Waals surface area (Å²) in [6.45, 7) is 4.76. The summed E-state index contributed by atoms with van der Waals surface area (Å²) in [4.78, 5) is 11.5. The Hall–Kier alpha value is -2.25. The minimum Gasteiger partial charge on any atom is -0.490 e. The van der Waals surface area contributed by atoms with Crippen LogP contribution in [0.2, 0.25) is 5.02 Å². The van der Waals surface area contributed by atoms with Gasteiger partial charge in [-0.1, -0.05) is 23.7 Å². The second-order valence-corrected chi connectivity index (χ2v) is 6.87. The number of nitrogens with zero attached hydrogens (tertiary/aromatic N) is 1. The molecule has 0 bridgehead atoms. The summed E-state index contributed by atoms with van der Waals surface area (Å²) in [7, 11) is 0. The van der Waals surface area contributed by atoms with Crippen LogP contribution in [0.1, 0.15) is 25.0 Å². The van der Waals surface area contributed by atoms with Gasteiger partial charge in [0.1, 0.15) is 0 Å². The van der Waals surface area contributed by atoms with E-state index in [0.29, 0.717) is 40.8 Å². The average Bonchev–Trinajstić information content (AvgIpc) is 2.66. The molecule has 28 heavy (non-hydrogen) atoms. The van der Waals surface area contributed by atoms with Crippen LogP contribution in [0.25, 0.3) is 0 Å². The zero-order valence-corrected chi connectivity index (χ0v) is 18.0. The molecule has 0 heterocycles. The molecule has 2 aromatic carbocycles. The number of esters is 1. The third-order valence-electron chi connectivity index (χ3n) is 3.47. The molecule has 0 saturated carbocycles. The Morgan fingerprint density at radius 1 is 1.18 bits per heavy atom. The summed E-state index contributed by atoms with van der Waals surface area (Å²) < 4.78 is 16.7. The number of rotatable bonds is 10. The van der Waals surface area contributed by atoms with Gasteiger partial charge in [-0.2, -0.15) is 5.10 Å². The molecule has 0 amide bonds. The minimum absolute atomic E-state index is 0.192. The van der Waals surface area contributed by atoms with E-state index in [0.717, 1.165) is 11.1 Å². The highest BCUT2D eigenvalue weighted by molar-refractivity contribution is 9.10. The number of hydrazone groups is 1. The predicted molar refractivity (Wildman–Crippen MR) is 113 cm³/mol. The topological polar surface area (TPSA) is 69.2 Å². The Kier molecular flexibility index (Phi) is 9.10. The van der Waals surface area contributed by atoms with Crippen molar-refractivity contribution in [1.82, 2.24) is 5.43 Å². The smallest absolute Gasteiger partial charge is 0.344 e.